The Kier molecular flexibility index (Phi) is 14.4. The van der Waals surface area contributed by atoms with E-state index in [2.05, 4.69) is 25.2 Å². The molecule has 1 unspecified atom stereocenters. The molecule has 0 aliphatic carbocycles. The van der Waals surface area contributed by atoms with Crippen molar-refractivity contribution in [2.45, 2.75) is 58.0 Å². The van der Waals surface area contributed by atoms with E-state index in [9.17, 15) is 14.7 Å². The van der Waals surface area contributed by atoms with Crippen molar-refractivity contribution < 1.29 is 24.5 Å². The van der Waals surface area contributed by atoms with E-state index in [-0.39, 0.29) is 38.1 Å². The van der Waals surface area contributed by atoms with Crippen LogP contribution in [-0.2, 0) is 47.0 Å². The van der Waals surface area contributed by atoms with Crippen LogP contribution in [0.3, 0.4) is 0 Å². The van der Waals surface area contributed by atoms with Crippen molar-refractivity contribution in [3.8, 4) is 0 Å². The Balaban J connectivity index is 1.17. The van der Waals surface area contributed by atoms with E-state index in [4.69, 9.17) is 9.84 Å². The second-order valence-electron chi connectivity index (χ2n) is 11.5. The summed E-state index contributed by atoms with van der Waals surface area (Å²) >= 11 is 0. The van der Waals surface area contributed by atoms with Crippen molar-refractivity contribution in [2.24, 2.45) is 0 Å². The number of benzene rings is 1. The van der Waals surface area contributed by atoms with E-state index in [1.807, 2.05) is 60.7 Å². The summed E-state index contributed by atoms with van der Waals surface area (Å²) in [5.41, 5.74) is 5.19. The molecule has 3 heterocycles. The van der Waals surface area contributed by atoms with E-state index in [1.54, 1.807) is 42.7 Å². The first-order valence-electron chi connectivity index (χ1n) is 15.8. The number of carbonyl (C=O) groups excluding carboxylic acids is 2. The zero-order valence-corrected chi connectivity index (χ0v) is 26.9. The largest absolute Gasteiger partial charge is 0.394 e. The molecule has 0 saturated heterocycles. The van der Waals surface area contributed by atoms with Gasteiger partial charge in [-0.1, -0.05) is 30.3 Å². The molecule has 11 nitrogen and oxygen atoms in total. The number of rotatable bonds is 19. The summed E-state index contributed by atoms with van der Waals surface area (Å²) in [6, 6.07) is 22.9. The predicted octanol–water partition coefficient (Wildman–Crippen LogP) is 3.75. The normalized spacial score (nSPS) is 11.7. The highest BCUT2D eigenvalue weighted by molar-refractivity contribution is 5.91. The van der Waals surface area contributed by atoms with Crippen molar-refractivity contribution >= 4 is 17.5 Å². The highest BCUT2D eigenvalue weighted by Crippen LogP contribution is 2.14. The molecule has 0 aliphatic heterocycles. The molecule has 4 aromatic rings. The molecule has 3 aromatic heterocycles. The smallest absolute Gasteiger partial charge is 0.250 e. The van der Waals surface area contributed by atoms with Gasteiger partial charge in [0.2, 0.25) is 11.8 Å². The zero-order valence-electron chi connectivity index (χ0n) is 26.9. The molecule has 0 bridgehead atoms. The molecule has 248 valence electrons. The monoisotopic (exact) mass is 640 g/mol. The quantitative estimate of drug-likeness (QED) is 0.131. The summed E-state index contributed by atoms with van der Waals surface area (Å²) in [4.78, 5) is 42.5. The molecule has 0 spiro atoms. The zero-order chi connectivity index (χ0) is 33.3. The number of likely N-dealkylation sites (N-methyl/N-ethyl adjacent to an activating group) is 1. The maximum atomic E-state index is 12.5. The molecular formula is C36H44N6O5. The Labute approximate surface area is 276 Å². The number of hydrogen-bond acceptors (Lipinski definition) is 9. The molecule has 0 fully saturated rings. The molecular weight excluding hydrogens is 596 g/mol. The van der Waals surface area contributed by atoms with Crippen molar-refractivity contribution in [3.05, 3.63) is 120 Å². The van der Waals surface area contributed by atoms with Gasteiger partial charge in [0.05, 0.1) is 42.8 Å². The second kappa shape index (κ2) is 19.2. The molecule has 1 aromatic carbocycles. The van der Waals surface area contributed by atoms with Gasteiger partial charge < -0.3 is 25.2 Å². The predicted molar refractivity (Wildman–Crippen MR) is 179 cm³/mol. The fourth-order valence-corrected chi connectivity index (χ4v) is 4.89. The van der Waals surface area contributed by atoms with Crippen LogP contribution >= 0.6 is 0 Å². The number of nitrogens with one attached hydrogen (secondary N) is 1. The summed E-state index contributed by atoms with van der Waals surface area (Å²) < 4.78 is 5.64. The van der Waals surface area contributed by atoms with Crippen molar-refractivity contribution in [1.82, 2.24) is 24.8 Å². The molecule has 0 radical (unpaired) electrons. The molecule has 0 aliphatic rings. The topological polar surface area (TPSA) is 141 Å². The Bertz CT molecular complexity index is 1450. The lowest BCUT2D eigenvalue weighted by atomic mass is 10.1. The van der Waals surface area contributed by atoms with Crippen LogP contribution in [0.15, 0.2) is 91.4 Å². The lowest BCUT2D eigenvalue weighted by Crippen LogP contribution is -2.29. The van der Waals surface area contributed by atoms with Gasteiger partial charge in [0, 0.05) is 57.5 Å². The number of pyridine rings is 3. The molecule has 47 heavy (non-hydrogen) atoms. The third-order valence-corrected chi connectivity index (χ3v) is 7.51. The van der Waals surface area contributed by atoms with Crippen LogP contribution in [0.25, 0.3) is 0 Å². The first kappa shape index (κ1) is 35.3. The number of unbranched alkanes of at least 4 members (excludes halogenated alkanes) is 1. The average molecular weight is 641 g/mol. The van der Waals surface area contributed by atoms with E-state index < -0.39 is 6.10 Å². The van der Waals surface area contributed by atoms with Gasteiger partial charge in [0.15, 0.2) is 0 Å². The third-order valence-electron chi connectivity index (χ3n) is 7.51. The number of amides is 2. The lowest BCUT2D eigenvalue weighted by molar-refractivity contribution is -0.129. The van der Waals surface area contributed by atoms with Gasteiger partial charge in [-0.2, -0.15) is 0 Å². The Hall–Kier alpha value is -4.55. The molecule has 4 rings (SSSR count). The first-order valence-corrected chi connectivity index (χ1v) is 15.8. The highest BCUT2D eigenvalue weighted by atomic mass is 16.5. The van der Waals surface area contributed by atoms with Gasteiger partial charge in [-0.15, -0.1) is 0 Å². The summed E-state index contributed by atoms with van der Waals surface area (Å²) in [6.07, 6.45) is 6.92. The SMILES string of the molecule is CN(CCCCC(O)CO)C(=O)Cc1ccc(NC(=O)COCc2ccc(CN(Cc3ccccn3)Cc3ccccn3)nc2)cc1. The summed E-state index contributed by atoms with van der Waals surface area (Å²) in [5, 5.41) is 21.1. The average Bonchev–Trinajstić information content (AvgIpc) is 3.09. The van der Waals surface area contributed by atoms with Crippen molar-refractivity contribution in [1.29, 1.82) is 0 Å². The van der Waals surface area contributed by atoms with Crippen LogP contribution in [0.4, 0.5) is 5.69 Å². The maximum absolute atomic E-state index is 12.5. The van der Waals surface area contributed by atoms with Crippen LogP contribution in [0.5, 0.6) is 0 Å². The highest BCUT2D eigenvalue weighted by Gasteiger charge is 2.13. The van der Waals surface area contributed by atoms with E-state index in [0.29, 0.717) is 38.3 Å². The van der Waals surface area contributed by atoms with Crippen molar-refractivity contribution in [3.63, 3.8) is 0 Å². The van der Waals surface area contributed by atoms with Crippen LogP contribution in [0.2, 0.25) is 0 Å². The standard InChI is InChI=1S/C36H44N6O5/c1-41(19-7-4-10-34(44)25-43)36(46)20-28-11-14-30(15-12-28)40-35(45)27-47-26-29-13-16-33(39-21-29)24-42(22-31-8-2-5-17-37-31)23-32-9-3-6-18-38-32/h2-3,5-6,8-9,11-18,21,34,43-44H,4,7,10,19-20,22-27H2,1H3,(H,40,45). The molecule has 11 heteroatoms. The van der Waals surface area contributed by atoms with E-state index in [0.717, 1.165) is 41.1 Å². The Morgan fingerprint density at radius 1 is 0.830 bits per heavy atom. The summed E-state index contributed by atoms with van der Waals surface area (Å²) in [5.74, 6) is -0.282. The number of anilines is 1. The molecule has 1 atom stereocenters. The third kappa shape index (κ3) is 13.0. The van der Waals surface area contributed by atoms with Crippen LogP contribution < -0.4 is 5.32 Å². The number of aromatic nitrogens is 3. The molecule has 2 amide bonds. The van der Waals surface area contributed by atoms with Crippen LogP contribution in [0, 0.1) is 0 Å². The van der Waals surface area contributed by atoms with Gasteiger partial charge in [-0.05, 0) is 72.9 Å². The number of carbonyl (C=O) groups is 2. The van der Waals surface area contributed by atoms with Gasteiger partial charge >= 0.3 is 0 Å². The summed E-state index contributed by atoms with van der Waals surface area (Å²) in [6.45, 7) is 2.44. The number of aliphatic hydroxyl groups excluding tert-OH is 2. The number of ether oxygens (including phenoxy) is 1. The maximum Gasteiger partial charge on any atom is 0.250 e. The van der Waals surface area contributed by atoms with Crippen molar-refractivity contribution in [2.75, 3.05) is 32.1 Å². The van der Waals surface area contributed by atoms with Gasteiger partial charge in [0.1, 0.15) is 6.61 Å². The van der Waals surface area contributed by atoms with Crippen LogP contribution in [-0.4, -0.2) is 79.7 Å². The number of aliphatic hydroxyl groups is 2. The molecule has 0 saturated carbocycles. The van der Waals surface area contributed by atoms with Crippen LogP contribution in [0.1, 0.15) is 47.5 Å². The van der Waals surface area contributed by atoms with E-state index >= 15 is 0 Å². The number of hydrogen-bond donors (Lipinski definition) is 3. The minimum absolute atomic E-state index is 0.00768. The summed E-state index contributed by atoms with van der Waals surface area (Å²) in [7, 11) is 1.76. The first-order chi connectivity index (χ1) is 22.9. The van der Waals surface area contributed by atoms with E-state index in [1.165, 1.54) is 0 Å². The fourth-order valence-electron chi connectivity index (χ4n) is 4.89. The minimum Gasteiger partial charge on any atom is -0.394 e. The molecule has 3 N–H and O–H groups in total. The van der Waals surface area contributed by atoms with Gasteiger partial charge in [-0.3, -0.25) is 29.4 Å². The Morgan fingerprint density at radius 2 is 1.47 bits per heavy atom. The number of nitrogens with zero attached hydrogens (tertiary/aromatic N) is 5. The van der Waals surface area contributed by atoms with Gasteiger partial charge in [0.25, 0.3) is 0 Å². The second-order valence-corrected chi connectivity index (χ2v) is 11.5. The lowest BCUT2D eigenvalue weighted by Gasteiger charge is -2.21. The Morgan fingerprint density at radius 3 is 2.04 bits per heavy atom. The van der Waals surface area contributed by atoms with Gasteiger partial charge in [-0.25, -0.2) is 0 Å². The minimum atomic E-state index is -0.702. The fraction of sp³-hybridized carbons (Fsp3) is 0.361.